The van der Waals surface area contributed by atoms with Crippen LogP contribution in [0.15, 0.2) is 24.3 Å². The number of rotatable bonds is 5. The molecule has 0 aliphatic heterocycles. The van der Waals surface area contributed by atoms with Crippen LogP contribution < -0.4 is 16.0 Å². The summed E-state index contributed by atoms with van der Waals surface area (Å²) in [5.74, 6) is 0. The van der Waals surface area contributed by atoms with Gasteiger partial charge in [0, 0.05) is 38.9 Å². The van der Waals surface area contributed by atoms with Crippen molar-refractivity contribution in [3.63, 3.8) is 0 Å². The third-order valence-electron chi connectivity index (χ3n) is 2.46. The molecule has 1 atom stereocenters. The van der Waals surface area contributed by atoms with E-state index in [1.165, 1.54) is 11.3 Å². The molecule has 0 fully saturated rings. The van der Waals surface area contributed by atoms with Crippen molar-refractivity contribution in [3.05, 3.63) is 29.8 Å². The fourth-order valence-electron chi connectivity index (χ4n) is 1.29. The summed E-state index contributed by atoms with van der Waals surface area (Å²) in [5.41, 5.74) is 8.05. The summed E-state index contributed by atoms with van der Waals surface area (Å²) in [5, 5.41) is 3.36. The number of anilines is 1. The van der Waals surface area contributed by atoms with Crippen molar-refractivity contribution in [1.29, 1.82) is 0 Å². The minimum atomic E-state index is 0.374. The third kappa shape index (κ3) is 3.90. The zero-order chi connectivity index (χ0) is 11.3. The first kappa shape index (κ1) is 12.0. The lowest BCUT2D eigenvalue weighted by Crippen LogP contribution is -2.32. The Hall–Kier alpha value is -1.06. The van der Waals surface area contributed by atoms with Crippen LogP contribution in [0.5, 0.6) is 0 Å². The standard InChI is InChI=1S/C12H21N3/c1-10(8-13)14-9-11-4-6-12(7-5-11)15(2)3/h4-7,10,14H,8-9,13H2,1-3H3. The Morgan fingerprint density at radius 3 is 2.33 bits per heavy atom. The highest BCUT2D eigenvalue weighted by Crippen LogP contribution is 2.11. The lowest BCUT2D eigenvalue weighted by molar-refractivity contribution is 0.556. The van der Waals surface area contributed by atoms with Gasteiger partial charge in [0.15, 0.2) is 0 Å². The van der Waals surface area contributed by atoms with Crippen LogP contribution in [0.2, 0.25) is 0 Å². The molecule has 1 aromatic carbocycles. The molecule has 3 N–H and O–H groups in total. The highest BCUT2D eigenvalue weighted by atomic mass is 15.1. The summed E-state index contributed by atoms with van der Waals surface area (Å²) in [6, 6.07) is 8.92. The first-order chi connectivity index (χ1) is 7.13. The van der Waals surface area contributed by atoms with E-state index in [2.05, 4.69) is 41.4 Å². The van der Waals surface area contributed by atoms with Crippen LogP contribution >= 0.6 is 0 Å². The molecule has 0 amide bonds. The van der Waals surface area contributed by atoms with Gasteiger partial charge in [-0.05, 0) is 24.6 Å². The molecule has 0 aliphatic rings. The normalized spacial score (nSPS) is 12.5. The van der Waals surface area contributed by atoms with Crippen LogP contribution in [0.1, 0.15) is 12.5 Å². The van der Waals surface area contributed by atoms with E-state index in [4.69, 9.17) is 5.73 Å². The lowest BCUT2D eigenvalue weighted by Gasteiger charge is -2.14. The second-order valence-electron chi connectivity index (χ2n) is 4.08. The third-order valence-corrected chi connectivity index (χ3v) is 2.46. The van der Waals surface area contributed by atoms with E-state index in [-0.39, 0.29) is 0 Å². The van der Waals surface area contributed by atoms with E-state index in [1.54, 1.807) is 0 Å². The molecule has 0 spiro atoms. The Labute approximate surface area is 92.3 Å². The number of hydrogen-bond donors (Lipinski definition) is 2. The van der Waals surface area contributed by atoms with Gasteiger partial charge in [0.1, 0.15) is 0 Å². The molecule has 0 aromatic heterocycles. The molecule has 15 heavy (non-hydrogen) atoms. The van der Waals surface area contributed by atoms with Gasteiger partial charge < -0.3 is 16.0 Å². The second-order valence-corrected chi connectivity index (χ2v) is 4.08. The van der Waals surface area contributed by atoms with Crippen LogP contribution in [0.4, 0.5) is 5.69 Å². The summed E-state index contributed by atoms with van der Waals surface area (Å²) in [6.45, 7) is 3.65. The first-order valence-corrected chi connectivity index (χ1v) is 5.33. The minimum Gasteiger partial charge on any atom is -0.378 e. The summed E-state index contributed by atoms with van der Waals surface area (Å²) in [7, 11) is 4.09. The monoisotopic (exact) mass is 207 g/mol. The van der Waals surface area contributed by atoms with E-state index in [1.807, 2.05) is 14.1 Å². The van der Waals surface area contributed by atoms with E-state index in [0.29, 0.717) is 12.6 Å². The largest absolute Gasteiger partial charge is 0.378 e. The van der Waals surface area contributed by atoms with Gasteiger partial charge in [-0.25, -0.2) is 0 Å². The lowest BCUT2D eigenvalue weighted by atomic mass is 10.2. The van der Waals surface area contributed by atoms with E-state index in [0.717, 1.165) is 6.54 Å². The average Bonchev–Trinajstić information content (AvgIpc) is 2.26. The maximum absolute atomic E-state index is 5.53. The number of nitrogens with two attached hydrogens (primary N) is 1. The summed E-state index contributed by atoms with van der Waals surface area (Å²) >= 11 is 0. The predicted molar refractivity (Wildman–Crippen MR) is 66.1 cm³/mol. The first-order valence-electron chi connectivity index (χ1n) is 5.33. The SMILES string of the molecule is CC(CN)NCc1ccc(N(C)C)cc1. The zero-order valence-electron chi connectivity index (χ0n) is 9.83. The molecule has 0 saturated carbocycles. The zero-order valence-corrected chi connectivity index (χ0v) is 9.83. The van der Waals surface area contributed by atoms with Crippen molar-refractivity contribution < 1.29 is 0 Å². The van der Waals surface area contributed by atoms with Crippen LogP contribution in [0.25, 0.3) is 0 Å². The molecule has 1 aromatic rings. The van der Waals surface area contributed by atoms with Gasteiger partial charge >= 0.3 is 0 Å². The van der Waals surface area contributed by atoms with Crippen LogP contribution in [0.3, 0.4) is 0 Å². The van der Waals surface area contributed by atoms with Gasteiger partial charge in [-0.15, -0.1) is 0 Å². The van der Waals surface area contributed by atoms with Crippen molar-refractivity contribution in [2.45, 2.75) is 19.5 Å². The highest BCUT2D eigenvalue weighted by molar-refractivity contribution is 5.45. The Bertz CT molecular complexity index is 279. The highest BCUT2D eigenvalue weighted by Gasteiger charge is 1.99. The fraction of sp³-hybridized carbons (Fsp3) is 0.500. The number of nitrogens with one attached hydrogen (secondary N) is 1. The van der Waals surface area contributed by atoms with Crippen LogP contribution in [-0.2, 0) is 6.54 Å². The molecule has 84 valence electrons. The van der Waals surface area contributed by atoms with Crippen LogP contribution in [-0.4, -0.2) is 26.7 Å². The van der Waals surface area contributed by atoms with E-state index < -0.39 is 0 Å². The number of hydrogen-bond acceptors (Lipinski definition) is 3. The van der Waals surface area contributed by atoms with Gasteiger partial charge in [0.25, 0.3) is 0 Å². The summed E-state index contributed by atoms with van der Waals surface area (Å²) < 4.78 is 0. The maximum atomic E-state index is 5.53. The van der Waals surface area contributed by atoms with Gasteiger partial charge in [-0.3, -0.25) is 0 Å². The number of nitrogens with zero attached hydrogens (tertiary/aromatic N) is 1. The van der Waals surface area contributed by atoms with Crippen molar-refractivity contribution in [2.24, 2.45) is 5.73 Å². The molecule has 0 aliphatic carbocycles. The topological polar surface area (TPSA) is 41.3 Å². The Balaban J connectivity index is 2.50. The molecule has 0 bridgehead atoms. The van der Waals surface area contributed by atoms with Crippen LogP contribution in [0, 0.1) is 0 Å². The minimum absolute atomic E-state index is 0.374. The maximum Gasteiger partial charge on any atom is 0.0361 e. The molecule has 0 radical (unpaired) electrons. The van der Waals surface area contributed by atoms with Gasteiger partial charge in [-0.2, -0.15) is 0 Å². The van der Waals surface area contributed by atoms with Crippen molar-refractivity contribution >= 4 is 5.69 Å². The average molecular weight is 207 g/mol. The Kier molecular flexibility index (Phi) is 4.59. The smallest absolute Gasteiger partial charge is 0.0361 e. The Morgan fingerprint density at radius 1 is 1.27 bits per heavy atom. The van der Waals surface area contributed by atoms with E-state index in [9.17, 15) is 0 Å². The molecular formula is C12H21N3. The van der Waals surface area contributed by atoms with E-state index >= 15 is 0 Å². The second kappa shape index (κ2) is 5.73. The van der Waals surface area contributed by atoms with Crippen molar-refractivity contribution in [1.82, 2.24) is 5.32 Å². The molecule has 0 heterocycles. The summed E-state index contributed by atoms with van der Waals surface area (Å²) in [6.07, 6.45) is 0. The molecule has 1 unspecified atom stereocenters. The van der Waals surface area contributed by atoms with Gasteiger partial charge in [0.05, 0.1) is 0 Å². The predicted octanol–water partition coefficient (Wildman–Crippen LogP) is 1.19. The van der Waals surface area contributed by atoms with Gasteiger partial charge in [-0.1, -0.05) is 12.1 Å². The molecule has 1 rings (SSSR count). The molecular weight excluding hydrogens is 186 g/mol. The fourth-order valence-corrected chi connectivity index (χ4v) is 1.29. The summed E-state index contributed by atoms with van der Waals surface area (Å²) in [4.78, 5) is 2.10. The molecule has 3 heteroatoms. The quantitative estimate of drug-likeness (QED) is 0.762. The molecule has 0 saturated heterocycles. The Morgan fingerprint density at radius 2 is 1.87 bits per heavy atom. The van der Waals surface area contributed by atoms with Gasteiger partial charge in [0.2, 0.25) is 0 Å². The van der Waals surface area contributed by atoms with Crippen molar-refractivity contribution in [3.8, 4) is 0 Å². The number of benzene rings is 1. The molecule has 3 nitrogen and oxygen atoms in total. The van der Waals surface area contributed by atoms with Crippen molar-refractivity contribution in [2.75, 3.05) is 25.5 Å².